The fourth-order valence-corrected chi connectivity index (χ4v) is 6.58. The van der Waals surface area contributed by atoms with Crippen molar-refractivity contribution >= 4 is 43.5 Å². The fourth-order valence-electron chi connectivity index (χ4n) is 4.78. The van der Waals surface area contributed by atoms with Gasteiger partial charge in [0.1, 0.15) is 12.6 Å². The summed E-state index contributed by atoms with van der Waals surface area (Å²) in [5.41, 5.74) is 2.38. The van der Waals surface area contributed by atoms with Gasteiger partial charge in [-0.1, -0.05) is 100 Å². The molecular formula is C35H38BrN3O4S. The summed E-state index contributed by atoms with van der Waals surface area (Å²) in [7, 11) is -4.16. The van der Waals surface area contributed by atoms with E-state index in [1.165, 1.54) is 17.0 Å². The highest BCUT2D eigenvalue weighted by Gasteiger charge is 2.35. The first-order valence-electron chi connectivity index (χ1n) is 14.4. The monoisotopic (exact) mass is 675 g/mol. The van der Waals surface area contributed by atoms with Crippen molar-refractivity contribution in [2.24, 2.45) is 0 Å². The first kappa shape index (κ1) is 33.0. The van der Waals surface area contributed by atoms with Gasteiger partial charge in [0, 0.05) is 23.0 Å². The smallest absolute Gasteiger partial charge is 0.264 e. The van der Waals surface area contributed by atoms with Crippen molar-refractivity contribution in [3.05, 3.63) is 130 Å². The number of hydrogen-bond acceptors (Lipinski definition) is 4. The molecule has 0 aromatic heterocycles. The molecular weight excluding hydrogens is 638 g/mol. The van der Waals surface area contributed by atoms with E-state index in [0.29, 0.717) is 10.2 Å². The van der Waals surface area contributed by atoms with Crippen LogP contribution in [-0.4, -0.2) is 43.3 Å². The Hall–Kier alpha value is -3.95. The second-order valence-electron chi connectivity index (χ2n) is 11.8. The molecule has 0 spiro atoms. The Morgan fingerprint density at radius 2 is 1.41 bits per heavy atom. The third kappa shape index (κ3) is 8.80. The molecule has 0 saturated heterocycles. The number of nitrogens with zero attached hydrogens (tertiary/aromatic N) is 2. The Morgan fingerprint density at radius 3 is 1.98 bits per heavy atom. The van der Waals surface area contributed by atoms with Crippen LogP contribution in [0.15, 0.2) is 119 Å². The second-order valence-corrected chi connectivity index (χ2v) is 14.5. The Morgan fingerprint density at radius 1 is 0.818 bits per heavy atom. The minimum atomic E-state index is -4.16. The summed E-state index contributed by atoms with van der Waals surface area (Å²) in [6.07, 6.45) is 0.253. The van der Waals surface area contributed by atoms with Crippen molar-refractivity contribution in [3.8, 4) is 0 Å². The number of aryl methyl sites for hydroxylation is 1. The number of amides is 2. The lowest BCUT2D eigenvalue weighted by atomic mass is 10.0. The van der Waals surface area contributed by atoms with Crippen molar-refractivity contribution in [2.45, 2.75) is 57.1 Å². The van der Waals surface area contributed by atoms with Crippen LogP contribution in [0, 0.1) is 6.92 Å². The van der Waals surface area contributed by atoms with Crippen molar-refractivity contribution in [1.29, 1.82) is 0 Å². The van der Waals surface area contributed by atoms with Gasteiger partial charge in [0.25, 0.3) is 10.0 Å². The number of hydrogen-bond donors (Lipinski definition) is 1. The maximum Gasteiger partial charge on any atom is 0.264 e. The molecule has 4 aromatic carbocycles. The second kappa shape index (κ2) is 14.2. The predicted molar refractivity (Wildman–Crippen MR) is 179 cm³/mol. The molecule has 0 fully saturated rings. The summed E-state index contributed by atoms with van der Waals surface area (Å²) in [6.45, 7) is 7.15. The maximum absolute atomic E-state index is 14.5. The van der Waals surface area contributed by atoms with Gasteiger partial charge in [0.05, 0.1) is 10.6 Å². The van der Waals surface area contributed by atoms with Gasteiger partial charge in [0.15, 0.2) is 0 Å². The zero-order valence-electron chi connectivity index (χ0n) is 25.4. The van der Waals surface area contributed by atoms with Crippen LogP contribution in [-0.2, 0) is 32.6 Å². The first-order chi connectivity index (χ1) is 20.8. The summed E-state index contributed by atoms with van der Waals surface area (Å²) >= 11 is 3.44. The molecule has 4 rings (SSSR count). The van der Waals surface area contributed by atoms with Crippen LogP contribution in [0.5, 0.6) is 0 Å². The van der Waals surface area contributed by atoms with E-state index >= 15 is 0 Å². The molecule has 0 heterocycles. The van der Waals surface area contributed by atoms with E-state index in [4.69, 9.17) is 0 Å². The van der Waals surface area contributed by atoms with E-state index in [-0.39, 0.29) is 23.8 Å². The Labute approximate surface area is 269 Å². The van der Waals surface area contributed by atoms with Gasteiger partial charge in [-0.3, -0.25) is 13.9 Å². The lowest BCUT2D eigenvalue weighted by molar-refractivity contribution is -0.140. The van der Waals surface area contributed by atoms with Crippen LogP contribution in [0.3, 0.4) is 0 Å². The largest absolute Gasteiger partial charge is 0.350 e. The average molecular weight is 677 g/mol. The van der Waals surface area contributed by atoms with Crippen LogP contribution in [0.2, 0.25) is 0 Å². The molecule has 9 heteroatoms. The van der Waals surface area contributed by atoms with E-state index in [1.54, 1.807) is 36.4 Å². The topological polar surface area (TPSA) is 86.8 Å². The highest BCUT2D eigenvalue weighted by molar-refractivity contribution is 9.10. The number of halogens is 1. The van der Waals surface area contributed by atoms with E-state index in [1.807, 2.05) is 88.4 Å². The van der Waals surface area contributed by atoms with Gasteiger partial charge in [0.2, 0.25) is 11.8 Å². The summed E-state index contributed by atoms with van der Waals surface area (Å²) in [5, 5.41) is 3.04. The molecule has 0 aliphatic rings. The molecule has 1 atom stereocenters. The van der Waals surface area contributed by atoms with E-state index in [9.17, 15) is 18.0 Å². The van der Waals surface area contributed by atoms with Gasteiger partial charge in [-0.25, -0.2) is 8.42 Å². The highest BCUT2D eigenvalue weighted by atomic mass is 79.9. The van der Waals surface area contributed by atoms with Gasteiger partial charge in [-0.15, -0.1) is 0 Å². The van der Waals surface area contributed by atoms with E-state index in [2.05, 4.69) is 21.2 Å². The Bertz CT molecular complexity index is 1670. The number of anilines is 1. The summed E-state index contributed by atoms with van der Waals surface area (Å²) in [5.74, 6) is -0.824. The van der Waals surface area contributed by atoms with Crippen molar-refractivity contribution in [1.82, 2.24) is 10.2 Å². The molecule has 0 bridgehead atoms. The van der Waals surface area contributed by atoms with E-state index < -0.39 is 34.1 Å². The standard InChI is InChI=1S/C35H38BrN3O4S/c1-26-18-20-31(21-19-26)44(42,43)39(30-17-11-16-29(36)23-30)25-33(40)38(24-28-14-9-6-10-15-28)32(34(41)37-35(2,3)4)22-27-12-7-5-8-13-27/h5-21,23,32H,22,24-25H2,1-4H3,(H,37,41)/t32-/m0/s1. The molecule has 1 N–H and O–H groups in total. The van der Waals surface area contributed by atoms with Crippen LogP contribution in [0.1, 0.15) is 37.5 Å². The fraction of sp³-hybridized carbons (Fsp3) is 0.257. The van der Waals surface area contributed by atoms with Gasteiger partial charge in [-0.05, 0) is 69.2 Å². The Kier molecular flexibility index (Phi) is 10.7. The van der Waals surface area contributed by atoms with Gasteiger partial charge >= 0.3 is 0 Å². The van der Waals surface area contributed by atoms with Gasteiger partial charge < -0.3 is 10.2 Å². The molecule has 0 saturated carbocycles. The maximum atomic E-state index is 14.5. The highest BCUT2D eigenvalue weighted by Crippen LogP contribution is 2.27. The third-order valence-corrected chi connectivity index (χ3v) is 9.23. The molecule has 7 nitrogen and oxygen atoms in total. The van der Waals surface area contributed by atoms with Crippen LogP contribution >= 0.6 is 15.9 Å². The first-order valence-corrected chi connectivity index (χ1v) is 16.6. The number of nitrogens with one attached hydrogen (secondary N) is 1. The molecule has 230 valence electrons. The third-order valence-electron chi connectivity index (χ3n) is 6.95. The average Bonchev–Trinajstić information content (AvgIpc) is 2.98. The SMILES string of the molecule is Cc1ccc(S(=O)(=O)N(CC(=O)N(Cc2ccccc2)[C@@H](Cc2ccccc2)C(=O)NC(C)(C)C)c2cccc(Br)c2)cc1. The van der Waals surface area contributed by atoms with Crippen LogP contribution < -0.4 is 9.62 Å². The normalized spacial score (nSPS) is 12.3. The summed E-state index contributed by atoms with van der Waals surface area (Å²) in [6, 6.07) is 31.3. The molecule has 0 unspecified atom stereocenters. The van der Waals surface area contributed by atoms with E-state index in [0.717, 1.165) is 21.0 Å². The molecule has 4 aromatic rings. The molecule has 0 aliphatic carbocycles. The summed E-state index contributed by atoms with van der Waals surface area (Å²) in [4.78, 5) is 30.0. The number of carbonyl (C=O) groups is 2. The minimum absolute atomic E-state index is 0.0665. The quantitative estimate of drug-likeness (QED) is 0.196. The molecule has 0 radical (unpaired) electrons. The zero-order valence-corrected chi connectivity index (χ0v) is 27.8. The van der Waals surface area contributed by atoms with Crippen LogP contribution in [0.4, 0.5) is 5.69 Å². The number of rotatable bonds is 11. The molecule has 2 amide bonds. The van der Waals surface area contributed by atoms with Crippen molar-refractivity contribution in [3.63, 3.8) is 0 Å². The van der Waals surface area contributed by atoms with Gasteiger partial charge in [-0.2, -0.15) is 0 Å². The number of carbonyl (C=O) groups excluding carboxylic acids is 2. The Balaban J connectivity index is 1.80. The summed E-state index contributed by atoms with van der Waals surface area (Å²) < 4.78 is 30.0. The lowest BCUT2D eigenvalue weighted by Gasteiger charge is -2.35. The predicted octanol–water partition coefficient (Wildman–Crippen LogP) is 6.51. The number of sulfonamides is 1. The van der Waals surface area contributed by atoms with Crippen molar-refractivity contribution in [2.75, 3.05) is 10.8 Å². The molecule has 0 aliphatic heterocycles. The lowest BCUT2D eigenvalue weighted by Crippen LogP contribution is -2.56. The molecule has 44 heavy (non-hydrogen) atoms. The van der Waals surface area contributed by atoms with Crippen molar-refractivity contribution < 1.29 is 18.0 Å². The zero-order chi connectivity index (χ0) is 31.9. The number of benzene rings is 4. The van der Waals surface area contributed by atoms with Crippen LogP contribution in [0.25, 0.3) is 0 Å². The minimum Gasteiger partial charge on any atom is -0.350 e.